The third-order valence-electron chi connectivity index (χ3n) is 3.45. The second-order valence-electron chi connectivity index (χ2n) is 5.22. The number of sulfonamides is 1. The molecule has 0 bridgehead atoms. The summed E-state index contributed by atoms with van der Waals surface area (Å²) >= 11 is 0. The second-order valence-corrected chi connectivity index (χ2v) is 6.91. The first kappa shape index (κ1) is 18.6. The van der Waals surface area contributed by atoms with Crippen molar-refractivity contribution in [3.05, 3.63) is 65.7 Å². The van der Waals surface area contributed by atoms with Crippen molar-refractivity contribution < 1.29 is 17.9 Å². The number of hydrogen-bond acceptors (Lipinski definition) is 5. The molecular weight excluding hydrogens is 340 g/mol. The van der Waals surface area contributed by atoms with E-state index >= 15 is 0 Å². The van der Waals surface area contributed by atoms with Gasteiger partial charge in [0.2, 0.25) is 10.0 Å². The molecule has 1 unspecified atom stereocenters. The summed E-state index contributed by atoms with van der Waals surface area (Å²) in [4.78, 5) is 12.0. The third kappa shape index (κ3) is 4.89. The molecule has 6 nitrogen and oxygen atoms in total. The van der Waals surface area contributed by atoms with E-state index in [1.54, 1.807) is 37.3 Å². The maximum Gasteiger partial charge on any atom is 0.324 e. The first-order chi connectivity index (χ1) is 12.0. The Morgan fingerprint density at radius 3 is 2.44 bits per heavy atom. The minimum absolute atomic E-state index is 0.0114. The molecule has 7 heteroatoms. The molecule has 0 radical (unpaired) electrons. The standard InChI is InChI=1S/C18H18N2O4S/c1-2-24-18(21)16(12-14-8-4-3-5-9-14)20-25(22,23)17-11-7-6-10-15(17)13-19/h3-11,16,20H,2,12H2,1H3. The number of nitrogens with one attached hydrogen (secondary N) is 1. The molecule has 2 aromatic carbocycles. The number of carbonyl (C=O) groups is 1. The van der Waals surface area contributed by atoms with Crippen LogP contribution in [0.15, 0.2) is 59.5 Å². The molecule has 0 saturated carbocycles. The number of carbonyl (C=O) groups excluding carboxylic acids is 1. The molecule has 0 saturated heterocycles. The number of esters is 1. The van der Waals surface area contributed by atoms with Gasteiger partial charge in [0.05, 0.1) is 17.1 Å². The van der Waals surface area contributed by atoms with Crippen LogP contribution in [0.25, 0.3) is 0 Å². The van der Waals surface area contributed by atoms with Crippen LogP contribution < -0.4 is 4.72 Å². The van der Waals surface area contributed by atoms with Crippen molar-refractivity contribution in [2.24, 2.45) is 0 Å². The number of hydrogen-bond donors (Lipinski definition) is 1. The first-order valence-electron chi connectivity index (χ1n) is 7.70. The van der Waals surface area contributed by atoms with Gasteiger partial charge < -0.3 is 4.74 Å². The van der Waals surface area contributed by atoms with E-state index in [1.807, 2.05) is 12.1 Å². The Morgan fingerprint density at radius 2 is 1.80 bits per heavy atom. The highest BCUT2D eigenvalue weighted by Crippen LogP contribution is 2.16. The zero-order chi connectivity index (χ0) is 18.3. The van der Waals surface area contributed by atoms with E-state index in [4.69, 9.17) is 10.00 Å². The Balaban J connectivity index is 2.32. The van der Waals surface area contributed by atoms with Gasteiger partial charge >= 0.3 is 5.97 Å². The maximum absolute atomic E-state index is 12.7. The molecule has 0 spiro atoms. The van der Waals surface area contributed by atoms with Gasteiger partial charge in [0, 0.05) is 0 Å². The molecular formula is C18H18N2O4S. The van der Waals surface area contributed by atoms with Crippen molar-refractivity contribution in [1.82, 2.24) is 4.72 Å². The summed E-state index contributed by atoms with van der Waals surface area (Å²) < 4.78 is 32.7. The second kappa shape index (κ2) is 8.42. The summed E-state index contributed by atoms with van der Waals surface area (Å²) in [6, 6.07) is 15.6. The molecule has 1 N–H and O–H groups in total. The van der Waals surface area contributed by atoms with Crippen LogP contribution in [-0.2, 0) is 26.0 Å². The summed E-state index contributed by atoms with van der Waals surface area (Å²) in [6.07, 6.45) is 0.146. The largest absolute Gasteiger partial charge is 0.465 e. The molecule has 1 atom stereocenters. The molecule has 0 aromatic heterocycles. The van der Waals surface area contributed by atoms with Crippen LogP contribution in [0.4, 0.5) is 0 Å². The minimum atomic E-state index is -4.06. The van der Waals surface area contributed by atoms with Gasteiger partial charge in [-0.2, -0.15) is 9.98 Å². The highest BCUT2D eigenvalue weighted by Gasteiger charge is 2.28. The summed E-state index contributed by atoms with van der Waals surface area (Å²) in [5.74, 6) is -0.663. The number of rotatable bonds is 7. The van der Waals surface area contributed by atoms with Gasteiger partial charge in [-0.25, -0.2) is 8.42 Å². The fraction of sp³-hybridized carbons (Fsp3) is 0.222. The van der Waals surface area contributed by atoms with Gasteiger partial charge in [0.15, 0.2) is 0 Å². The highest BCUT2D eigenvalue weighted by atomic mass is 32.2. The smallest absolute Gasteiger partial charge is 0.324 e. The Labute approximate surface area is 147 Å². The van der Waals surface area contributed by atoms with Crippen molar-refractivity contribution >= 4 is 16.0 Å². The average Bonchev–Trinajstić information content (AvgIpc) is 2.62. The first-order valence-corrected chi connectivity index (χ1v) is 9.18. The zero-order valence-corrected chi connectivity index (χ0v) is 14.5. The lowest BCUT2D eigenvalue weighted by Gasteiger charge is -2.18. The van der Waals surface area contributed by atoms with Crippen LogP contribution in [0.2, 0.25) is 0 Å². The Hall–Kier alpha value is -2.69. The van der Waals surface area contributed by atoms with Gasteiger partial charge in [-0.05, 0) is 31.0 Å². The molecule has 0 aliphatic carbocycles. The monoisotopic (exact) mass is 358 g/mol. The summed E-state index contributed by atoms with van der Waals surface area (Å²) in [5, 5.41) is 9.11. The SMILES string of the molecule is CCOC(=O)C(Cc1ccccc1)NS(=O)(=O)c1ccccc1C#N. The van der Waals surface area contributed by atoms with Crippen molar-refractivity contribution in [3.8, 4) is 6.07 Å². The molecule has 130 valence electrons. The molecule has 0 aliphatic heterocycles. The molecule has 25 heavy (non-hydrogen) atoms. The van der Waals surface area contributed by atoms with E-state index in [1.165, 1.54) is 18.2 Å². The lowest BCUT2D eigenvalue weighted by atomic mass is 10.1. The molecule has 0 fully saturated rings. The number of nitrogens with zero attached hydrogens (tertiary/aromatic N) is 1. The van der Waals surface area contributed by atoms with Crippen LogP contribution in [0.1, 0.15) is 18.1 Å². The summed E-state index contributed by atoms with van der Waals surface area (Å²) in [7, 11) is -4.06. The fourth-order valence-corrected chi connectivity index (χ4v) is 3.65. The minimum Gasteiger partial charge on any atom is -0.465 e. The summed E-state index contributed by atoms with van der Waals surface area (Å²) in [6.45, 7) is 1.79. The Morgan fingerprint density at radius 1 is 1.16 bits per heavy atom. The Kier molecular flexibility index (Phi) is 6.28. The van der Waals surface area contributed by atoms with Crippen molar-refractivity contribution in [2.45, 2.75) is 24.3 Å². The van der Waals surface area contributed by atoms with Gasteiger partial charge in [-0.3, -0.25) is 4.79 Å². The van der Waals surface area contributed by atoms with Gasteiger partial charge in [-0.15, -0.1) is 0 Å². The van der Waals surface area contributed by atoms with Crippen molar-refractivity contribution in [2.75, 3.05) is 6.61 Å². The molecule has 2 rings (SSSR count). The lowest BCUT2D eigenvalue weighted by Crippen LogP contribution is -2.43. The highest BCUT2D eigenvalue weighted by molar-refractivity contribution is 7.89. The van der Waals surface area contributed by atoms with E-state index in [0.717, 1.165) is 5.56 Å². The van der Waals surface area contributed by atoms with Crippen molar-refractivity contribution in [3.63, 3.8) is 0 Å². The van der Waals surface area contributed by atoms with E-state index in [9.17, 15) is 13.2 Å². The third-order valence-corrected chi connectivity index (χ3v) is 4.98. The number of nitriles is 1. The zero-order valence-electron chi connectivity index (χ0n) is 13.7. The summed E-state index contributed by atoms with van der Waals surface area (Å²) in [5.41, 5.74) is 0.800. The van der Waals surface area contributed by atoms with E-state index in [-0.39, 0.29) is 23.5 Å². The van der Waals surface area contributed by atoms with Crippen LogP contribution in [0.3, 0.4) is 0 Å². The van der Waals surface area contributed by atoms with Gasteiger partial charge in [-0.1, -0.05) is 42.5 Å². The van der Waals surface area contributed by atoms with Gasteiger partial charge in [0.25, 0.3) is 0 Å². The normalized spacial score (nSPS) is 12.2. The predicted molar refractivity (Wildman–Crippen MR) is 92.0 cm³/mol. The lowest BCUT2D eigenvalue weighted by molar-refractivity contribution is -0.145. The van der Waals surface area contributed by atoms with Crippen molar-refractivity contribution in [1.29, 1.82) is 5.26 Å². The van der Waals surface area contributed by atoms with Crippen LogP contribution in [0.5, 0.6) is 0 Å². The average molecular weight is 358 g/mol. The maximum atomic E-state index is 12.7. The molecule has 0 heterocycles. The van der Waals surface area contributed by atoms with E-state index < -0.39 is 22.0 Å². The van der Waals surface area contributed by atoms with Crippen LogP contribution >= 0.6 is 0 Å². The quantitative estimate of drug-likeness (QED) is 0.764. The topological polar surface area (TPSA) is 96.3 Å². The fourth-order valence-electron chi connectivity index (χ4n) is 2.31. The number of benzene rings is 2. The van der Waals surface area contributed by atoms with Crippen LogP contribution in [-0.4, -0.2) is 27.0 Å². The molecule has 0 amide bonds. The van der Waals surface area contributed by atoms with Gasteiger partial charge in [0.1, 0.15) is 12.1 Å². The van der Waals surface area contributed by atoms with E-state index in [2.05, 4.69) is 4.72 Å². The predicted octanol–water partition coefficient (Wildman–Crippen LogP) is 2.01. The molecule has 0 aliphatic rings. The molecule has 2 aromatic rings. The van der Waals surface area contributed by atoms with Crippen LogP contribution in [0, 0.1) is 11.3 Å². The van der Waals surface area contributed by atoms with E-state index in [0.29, 0.717) is 0 Å². The Bertz CT molecular complexity index is 873. The number of ether oxygens (including phenoxy) is 1.